The number of hydrogen-bond acceptors (Lipinski definition) is 1. The average Bonchev–Trinajstić information content (AvgIpc) is 3.32. The third kappa shape index (κ3) is 2.91. The Kier molecular flexibility index (Phi) is 3.21. The van der Waals surface area contributed by atoms with E-state index in [1.807, 2.05) is 6.07 Å². The van der Waals surface area contributed by atoms with Crippen LogP contribution in [-0.2, 0) is 6.54 Å². The van der Waals surface area contributed by atoms with Gasteiger partial charge < -0.3 is 10.2 Å². The quantitative estimate of drug-likeness (QED) is 0.663. The molecule has 0 bridgehead atoms. The van der Waals surface area contributed by atoms with E-state index in [0.29, 0.717) is 0 Å². The summed E-state index contributed by atoms with van der Waals surface area (Å²) in [4.78, 5) is 6.77. The topological polar surface area (TPSA) is 27.6 Å². The van der Waals surface area contributed by atoms with E-state index in [0.717, 1.165) is 30.4 Å². The van der Waals surface area contributed by atoms with Gasteiger partial charge in [0, 0.05) is 20.6 Å². The predicted octanol–water partition coefficient (Wildman–Crippen LogP) is 2.49. The Bertz CT molecular complexity index is 460. The van der Waals surface area contributed by atoms with Crippen LogP contribution in [0, 0.1) is 11.3 Å². The molecule has 1 aromatic carbocycles. The summed E-state index contributed by atoms with van der Waals surface area (Å²) < 4.78 is 0. The zero-order valence-corrected chi connectivity index (χ0v) is 11.9. The lowest BCUT2D eigenvalue weighted by molar-refractivity contribution is 0.563. The van der Waals surface area contributed by atoms with Crippen LogP contribution in [0.2, 0.25) is 0 Å². The van der Waals surface area contributed by atoms with Gasteiger partial charge in [0.2, 0.25) is 0 Å². The van der Waals surface area contributed by atoms with Crippen LogP contribution < -0.4 is 5.32 Å². The maximum atomic E-state index is 4.69. The highest BCUT2D eigenvalue weighted by molar-refractivity contribution is 5.79. The van der Waals surface area contributed by atoms with Gasteiger partial charge in [-0.3, -0.25) is 0 Å². The first-order valence-electron chi connectivity index (χ1n) is 7.19. The summed E-state index contributed by atoms with van der Waals surface area (Å²) in [6.45, 7) is 1.84. The lowest BCUT2D eigenvalue weighted by Gasteiger charge is -2.17. The fourth-order valence-corrected chi connectivity index (χ4v) is 2.81. The normalized spacial score (nSPS) is 23.3. The Morgan fingerprint density at radius 2 is 2.05 bits per heavy atom. The van der Waals surface area contributed by atoms with Gasteiger partial charge >= 0.3 is 0 Å². The molecule has 1 aromatic rings. The molecular weight excluding hydrogens is 234 g/mol. The second kappa shape index (κ2) is 4.87. The van der Waals surface area contributed by atoms with Gasteiger partial charge in [-0.2, -0.15) is 0 Å². The van der Waals surface area contributed by atoms with Crippen LogP contribution in [0.5, 0.6) is 0 Å². The molecule has 2 aliphatic rings. The van der Waals surface area contributed by atoms with Gasteiger partial charge in [-0.25, -0.2) is 4.99 Å². The maximum Gasteiger partial charge on any atom is 0.193 e. The van der Waals surface area contributed by atoms with Crippen LogP contribution in [0.3, 0.4) is 0 Å². The third-order valence-electron chi connectivity index (χ3n) is 4.44. The molecule has 19 heavy (non-hydrogen) atoms. The van der Waals surface area contributed by atoms with E-state index in [1.165, 1.54) is 24.8 Å². The van der Waals surface area contributed by atoms with E-state index in [-0.39, 0.29) is 0 Å². The molecule has 0 aliphatic heterocycles. The molecule has 0 aromatic heterocycles. The Hall–Kier alpha value is -1.51. The predicted molar refractivity (Wildman–Crippen MR) is 79.0 cm³/mol. The fraction of sp³-hybridized carbons (Fsp3) is 0.562. The van der Waals surface area contributed by atoms with Crippen molar-refractivity contribution in [1.82, 2.24) is 10.2 Å². The van der Waals surface area contributed by atoms with Crippen molar-refractivity contribution in [1.29, 1.82) is 0 Å². The van der Waals surface area contributed by atoms with E-state index in [1.54, 1.807) is 0 Å². The molecule has 0 radical (unpaired) electrons. The molecular formula is C16H23N3. The lowest BCUT2D eigenvalue weighted by Crippen LogP contribution is -2.37. The highest BCUT2D eigenvalue weighted by atomic mass is 15.3. The number of nitrogens with zero attached hydrogens (tertiary/aromatic N) is 2. The van der Waals surface area contributed by atoms with Crippen molar-refractivity contribution < 1.29 is 0 Å². The Balaban J connectivity index is 1.54. The van der Waals surface area contributed by atoms with Crippen molar-refractivity contribution in [2.24, 2.45) is 16.3 Å². The van der Waals surface area contributed by atoms with E-state index < -0.39 is 0 Å². The summed E-state index contributed by atoms with van der Waals surface area (Å²) in [7, 11) is 4.10. The first-order chi connectivity index (χ1) is 9.20. The maximum absolute atomic E-state index is 4.69. The van der Waals surface area contributed by atoms with E-state index in [9.17, 15) is 0 Å². The molecule has 1 atom stereocenters. The molecule has 2 aliphatic carbocycles. The molecule has 1 unspecified atom stereocenters. The number of rotatable bonds is 4. The minimum absolute atomic E-state index is 0.747. The average molecular weight is 257 g/mol. The summed E-state index contributed by atoms with van der Waals surface area (Å²) in [6.07, 6.45) is 4.34. The lowest BCUT2D eigenvalue weighted by atomic mass is 10.2. The van der Waals surface area contributed by atoms with E-state index >= 15 is 0 Å². The van der Waals surface area contributed by atoms with E-state index in [2.05, 4.69) is 48.6 Å². The standard InChI is InChI=1S/C16H23N3/c1-19(2)15(17-11-13-6-4-3-5-7-13)18-12-14-10-16(14)8-9-16/h3-7,14H,8-12H2,1-2H3,(H,17,18). The number of nitrogens with one attached hydrogen (secondary N) is 1. The van der Waals surface area contributed by atoms with Crippen LogP contribution in [0.4, 0.5) is 0 Å². The number of hydrogen-bond donors (Lipinski definition) is 1. The Morgan fingerprint density at radius 1 is 1.32 bits per heavy atom. The number of aliphatic imine (C=N–C) groups is 1. The molecule has 1 spiro atoms. The van der Waals surface area contributed by atoms with Gasteiger partial charge in [0.05, 0.1) is 6.54 Å². The zero-order chi connectivity index (χ0) is 13.3. The van der Waals surface area contributed by atoms with Crippen LogP contribution in [0.15, 0.2) is 35.3 Å². The minimum Gasteiger partial charge on any atom is -0.356 e. The van der Waals surface area contributed by atoms with E-state index in [4.69, 9.17) is 4.99 Å². The van der Waals surface area contributed by atoms with Gasteiger partial charge in [0.15, 0.2) is 5.96 Å². The SMILES string of the molecule is CN(C)C(=NCc1ccccc1)NCC1CC12CC2. The Morgan fingerprint density at radius 3 is 2.63 bits per heavy atom. The second-order valence-electron chi connectivity index (χ2n) is 6.16. The second-order valence-corrected chi connectivity index (χ2v) is 6.16. The number of benzene rings is 1. The molecule has 2 fully saturated rings. The van der Waals surface area contributed by atoms with Crippen molar-refractivity contribution >= 4 is 5.96 Å². The van der Waals surface area contributed by atoms with Crippen molar-refractivity contribution in [2.45, 2.75) is 25.8 Å². The van der Waals surface area contributed by atoms with Gasteiger partial charge in [0.25, 0.3) is 0 Å². The van der Waals surface area contributed by atoms with Gasteiger partial charge in [-0.1, -0.05) is 30.3 Å². The fourth-order valence-electron chi connectivity index (χ4n) is 2.81. The smallest absolute Gasteiger partial charge is 0.193 e. The molecule has 3 nitrogen and oxygen atoms in total. The van der Waals surface area contributed by atoms with Crippen LogP contribution >= 0.6 is 0 Å². The summed E-state index contributed by atoms with van der Waals surface area (Å²) in [5, 5.41) is 3.52. The molecule has 0 heterocycles. The summed E-state index contributed by atoms with van der Waals surface area (Å²) >= 11 is 0. The first-order valence-corrected chi connectivity index (χ1v) is 7.19. The first kappa shape index (κ1) is 12.5. The molecule has 3 rings (SSSR count). The van der Waals surface area contributed by atoms with Crippen molar-refractivity contribution in [2.75, 3.05) is 20.6 Å². The van der Waals surface area contributed by atoms with Crippen LogP contribution in [-0.4, -0.2) is 31.5 Å². The van der Waals surface area contributed by atoms with Crippen LogP contribution in [0.1, 0.15) is 24.8 Å². The molecule has 1 N–H and O–H groups in total. The molecule has 0 amide bonds. The molecule has 2 saturated carbocycles. The van der Waals surface area contributed by atoms with Gasteiger partial charge in [-0.15, -0.1) is 0 Å². The largest absolute Gasteiger partial charge is 0.356 e. The summed E-state index contributed by atoms with van der Waals surface area (Å²) in [5.41, 5.74) is 2.03. The van der Waals surface area contributed by atoms with Gasteiger partial charge in [0.1, 0.15) is 0 Å². The highest BCUT2D eigenvalue weighted by Gasteiger charge is 2.62. The summed E-state index contributed by atoms with van der Waals surface area (Å²) in [5.74, 6) is 1.90. The van der Waals surface area contributed by atoms with Crippen molar-refractivity contribution in [3.8, 4) is 0 Å². The highest BCUT2D eigenvalue weighted by Crippen LogP contribution is 2.70. The Labute approximate surface area is 115 Å². The monoisotopic (exact) mass is 257 g/mol. The molecule has 0 saturated heterocycles. The van der Waals surface area contributed by atoms with Crippen LogP contribution in [0.25, 0.3) is 0 Å². The molecule has 102 valence electrons. The number of guanidine groups is 1. The summed E-state index contributed by atoms with van der Waals surface area (Å²) in [6, 6.07) is 10.4. The third-order valence-corrected chi connectivity index (χ3v) is 4.44. The van der Waals surface area contributed by atoms with Gasteiger partial charge in [-0.05, 0) is 36.2 Å². The zero-order valence-electron chi connectivity index (χ0n) is 11.9. The molecule has 3 heteroatoms. The van der Waals surface area contributed by atoms with Crippen molar-refractivity contribution in [3.05, 3.63) is 35.9 Å². The van der Waals surface area contributed by atoms with Crippen molar-refractivity contribution in [3.63, 3.8) is 0 Å². The minimum atomic E-state index is 0.747.